The number of halogens is 5. The van der Waals surface area contributed by atoms with Crippen LogP contribution < -0.4 is 0 Å². The molecular formula is C7H7F5O3. The van der Waals surface area contributed by atoms with Gasteiger partial charge in [-0.25, -0.2) is 0 Å². The van der Waals surface area contributed by atoms with Gasteiger partial charge in [0, 0.05) is 6.42 Å². The number of rotatable bonds is 4. The Kier molecular flexibility index (Phi) is 3.78. The molecule has 0 aliphatic heterocycles. The number of carbonyl (C=O) groups excluding carboxylic acids is 1. The third kappa shape index (κ3) is 3.14. The zero-order valence-corrected chi connectivity index (χ0v) is 7.44. The minimum Gasteiger partial charge on any atom is -0.481 e. The molecule has 1 N–H and O–H groups in total. The average molecular weight is 234 g/mol. The smallest absolute Gasteiger partial charge is 0.454 e. The Labute approximate surface area is 80.9 Å². The number of aliphatic carboxylic acids is 1. The summed E-state index contributed by atoms with van der Waals surface area (Å²) in [7, 11) is 0. The summed E-state index contributed by atoms with van der Waals surface area (Å²) in [5.41, 5.74) is 0. The number of ketones is 1. The third-order valence-corrected chi connectivity index (χ3v) is 1.61. The van der Waals surface area contributed by atoms with Crippen molar-refractivity contribution in [1.29, 1.82) is 0 Å². The highest BCUT2D eigenvalue weighted by Gasteiger charge is 2.64. The fourth-order valence-corrected chi connectivity index (χ4v) is 0.856. The Hall–Kier alpha value is -1.21. The third-order valence-electron chi connectivity index (χ3n) is 1.61. The van der Waals surface area contributed by atoms with E-state index < -0.39 is 36.2 Å². The second-order valence-corrected chi connectivity index (χ2v) is 2.92. The van der Waals surface area contributed by atoms with Crippen molar-refractivity contribution in [3.8, 4) is 0 Å². The van der Waals surface area contributed by atoms with E-state index in [0.29, 0.717) is 0 Å². The number of Topliss-reactive ketones (excluding diaryl/α,β-unsaturated/α-hetero) is 1. The van der Waals surface area contributed by atoms with E-state index >= 15 is 0 Å². The summed E-state index contributed by atoms with van der Waals surface area (Å²) in [5, 5.41) is 8.19. The highest BCUT2D eigenvalue weighted by molar-refractivity contribution is 5.82. The second-order valence-electron chi connectivity index (χ2n) is 2.92. The molecule has 0 heterocycles. The molecule has 0 saturated carbocycles. The highest BCUT2D eigenvalue weighted by atomic mass is 19.4. The molecule has 1 unspecified atom stereocenters. The van der Waals surface area contributed by atoms with E-state index in [0.717, 1.165) is 6.92 Å². The van der Waals surface area contributed by atoms with Crippen molar-refractivity contribution in [1.82, 2.24) is 0 Å². The van der Waals surface area contributed by atoms with Gasteiger partial charge in [0.2, 0.25) is 0 Å². The van der Waals surface area contributed by atoms with Gasteiger partial charge in [0.25, 0.3) is 0 Å². The van der Waals surface area contributed by atoms with Crippen LogP contribution in [0.15, 0.2) is 0 Å². The van der Waals surface area contributed by atoms with Gasteiger partial charge in [0.1, 0.15) is 11.7 Å². The molecule has 15 heavy (non-hydrogen) atoms. The van der Waals surface area contributed by atoms with Gasteiger partial charge in [-0.15, -0.1) is 0 Å². The standard InChI is InChI=1S/C7H7F5O3/c1-3(13)2-4(5(14)15)6(8,9)7(10,11)12/h4H,2H2,1H3,(H,14,15). The van der Waals surface area contributed by atoms with Crippen LogP contribution >= 0.6 is 0 Å². The molecule has 0 aromatic carbocycles. The lowest BCUT2D eigenvalue weighted by Gasteiger charge is -2.24. The number of carboxylic acid groups (broad SMARTS) is 1. The van der Waals surface area contributed by atoms with Crippen molar-refractivity contribution in [2.24, 2.45) is 5.92 Å². The fourth-order valence-electron chi connectivity index (χ4n) is 0.856. The number of carbonyl (C=O) groups is 2. The highest BCUT2D eigenvalue weighted by Crippen LogP contribution is 2.42. The van der Waals surface area contributed by atoms with Crippen molar-refractivity contribution >= 4 is 11.8 Å². The molecule has 0 amide bonds. The lowest BCUT2D eigenvalue weighted by atomic mass is 9.95. The predicted octanol–water partition coefficient (Wildman–Crippen LogP) is 1.86. The van der Waals surface area contributed by atoms with Gasteiger partial charge in [0.05, 0.1) is 0 Å². The van der Waals surface area contributed by atoms with Crippen molar-refractivity contribution in [3.05, 3.63) is 0 Å². The molecule has 0 saturated heterocycles. The number of alkyl halides is 5. The van der Waals surface area contributed by atoms with E-state index in [2.05, 4.69) is 0 Å². The molecule has 0 rings (SSSR count). The first-order valence-electron chi connectivity index (χ1n) is 3.67. The normalized spacial score (nSPS) is 14.8. The van der Waals surface area contributed by atoms with Crippen molar-refractivity contribution in [2.75, 3.05) is 0 Å². The molecule has 0 radical (unpaired) electrons. The maximum absolute atomic E-state index is 12.5. The van der Waals surface area contributed by atoms with Gasteiger partial charge in [-0.05, 0) is 6.92 Å². The van der Waals surface area contributed by atoms with E-state index in [4.69, 9.17) is 5.11 Å². The SMILES string of the molecule is CC(=O)CC(C(=O)O)C(F)(F)C(F)(F)F. The molecule has 0 aliphatic rings. The summed E-state index contributed by atoms with van der Waals surface area (Å²) < 4.78 is 60.4. The van der Waals surface area contributed by atoms with Crippen LogP contribution in [0.4, 0.5) is 22.0 Å². The van der Waals surface area contributed by atoms with Crippen LogP contribution in [-0.4, -0.2) is 29.0 Å². The maximum Gasteiger partial charge on any atom is 0.454 e. The minimum atomic E-state index is -5.98. The van der Waals surface area contributed by atoms with Gasteiger partial charge in [-0.2, -0.15) is 22.0 Å². The van der Waals surface area contributed by atoms with Crippen LogP contribution in [0, 0.1) is 5.92 Å². The van der Waals surface area contributed by atoms with Crippen LogP contribution in [0.1, 0.15) is 13.3 Å². The van der Waals surface area contributed by atoms with Gasteiger partial charge in [-0.3, -0.25) is 9.59 Å². The van der Waals surface area contributed by atoms with E-state index in [1.54, 1.807) is 0 Å². The lowest BCUT2D eigenvalue weighted by Crippen LogP contribution is -2.47. The Morgan fingerprint density at radius 2 is 1.60 bits per heavy atom. The van der Waals surface area contributed by atoms with E-state index in [-0.39, 0.29) is 0 Å². The quantitative estimate of drug-likeness (QED) is 0.755. The fraction of sp³-hybridized carbons (Fsp3) is 0.714. The number of carboxylic acids is 1. The Balaban J connectivity index is 5.08. The molecule has 88 valence electrons. The molecule has 0 fully saturated rings. The summed E-state index contributed by atoms with van der Waals surface area (Å²) in [6, 6.07) is 0. The largest absolute Gasteiger partial charge is 0.481 e. The molecule has 3 nitrogen and oxygen atoms in total. The summed E-state index contributed by atoms with van der Waals surface area (Å²) in [6.45, 7) is 0.738. The molecule has 0 aromatic rings. The summed E-state index contributed by atoms with van der Waals surface area (Å²) in [5.74, 6) is -11.9. The Bertz CT molecular complexity index is 270. The number of hydrogen-bond acceptors (Lipinski definition) is 2. The molecule has 0 spiro atoms. The summed E-state index contributed by atoms with van der Waals surface area (Å²) in [4.78, 5) is 20.6. The zero-order valence-electron chi connectivity index (χ0n) is 7.44. The molecule has 8 heteroatoms. The maximum atomic E-state index is 12.5. The van der Waals surface area contributed by atoms with Crippen LogP contribution in [0.25, 0.3) is 0 Å². The van der Waals surface area contributed by atoms with Gasteiger partial charge in [-0.1, -0.05) is 0 Å². The molecule has 0 aromatic heterocycles. The Morgan fingerprint density at radius 3 is 1.80 bits per heavy atom. The number of hydrogen-bond donors (Lipinski definition) is 1. The minimum absolute atomic E-state index is 0.738. The van der Waals surface area contributed by atoms with Crippen molar-refractivity contribution in [2.45, 2.75) is 25.4 Å². The van der Waals surface area contributed by atoms with Crippen LogP contribution in [0.5, 0.6) is 0 Å². The first kappa shape index (κ1) is 13.8. The van der Waals surface area contributed by atoms with Gasteiger partial charge < -0.3 is 5.11 Å². The Morgan fingerprint density at radius 1 is 1.20 bits per heavy atom. The molecule has 0 bridgehead atoms. The summed E-state index contributed by atoms with van der Waals surface area (Å²) >= 11 is 0. The van der Waals surface area contributed by atoms with Gasteiger partial charge in [0.15, 0.2) is 0 Å². The topological polar surface area (TPSA) is 54.4 Å². The zero-order chi connectivity index (χ0) is 12.4. The molecule has 1 atom stereocenters. The molecular weight excluding hydrogens is 227 g/mol. The average Bonchev–Trinajstić information content (AvgIpc) is 1.96. The van der Waals surface area contributed by atoms with Crippen LogP contribution in [-0.2, 0) is 9.59 Å². The van der Waals surface area contributed by atoms with Crippen LogP contribution in [0.2, 0.25) is 0 Å². The van der Waals surface area contributed by atoms with Gasteiger partial charge >= 0.3 is 18.1 Å². The predicted molar refractivity (Wildman–Crippen MR) is 37.4 cm³/mol. The second kappa shape index (κ2) is 4.11. The van der Waals surface area contributed by atoms with Crippen molar-refractivity contribution in [3.63, 3.8) is 0 Å². The van der Waals surface area contributed by atoms with E-state index in [1.165, 1.54) is 0 Å². The van der Waals surface area contributed by atoms with Crippen molar-refractivity contribution < 1.29 is 36.6 Å². The lowest BCUT2D eigenvalue weighted by molar-refractivity contribution is -0.300. The molecule has 0 aliphatic carbocycles. The monoisotopic (exact) mass is 234 g/mol. The van der Waals surface area contributed by atoms with E-state index in [9.17, 15) is 31.5 Å². The first-order chi connectivity index (χ1) is 6.50. The first-order valence-corrected chi connectivity index (χ1v) is 3.67. The van der Waals surface area contributed by atoms with E-state index in [1.807, 2.05) is 0 Å². The van der Waals surface area contributed by atoms with Crippen LogP contribution in [0.3, 0.4) is 0 Å². The summed E-state index contributed by atoms with van der Waals surface area (Å²) in [6.07, 6.45) is -7.34.